The number of carbonyl (C=O) groups is 1. The Morgan fingerprint density at radius 3 is 2.61 bits per heavy atom. The zero-order chi connectivity index (χ0) is 13.2. The third-order valence-corrected chi connectivity index (χ3v) is 3.89. The van der Waals surface area contributed by atoms with Crippen LogP contribution in [0.3, 0.4) is 0 Å². The lowest BCUT2D eigenvalue weighted by Crippen LogP contribution is -2.47. The van der Waals surface area contributed by atoms with Crippen molar-refractivity contribution in [3.05, 3.63) is 0 Å². The molecule has 2 rings (SSSR count). The van der Waals surface area contributed by atoms with E-state index in [1.807, 2.05) is 6.92 Å². The molecule has 1 aliphatic heterocycles. The van der Waals surface area contributed by atoms with Crippen LogP contribution in [0.25, 0.3) is 0 Å². The highest BCUT2D eigenvalue weighted by Crippen LogP contribution is 2.46. The summed E-state index contributed by atoms with van der Waals surface area (Å²) < 4.78 is 0. The van der Waals surface area contributed by atoms with Gasteiger partial charge in [0, 0.05) is 12.6 Å². The SMILES string of the molecule is CC(CN1CCCC1)NC(=O)C1(C(N)=NO)CC1. The number of hydrogen-bond donors (Lipinski definition) is 3. The van der Waals surface area contributed by atoms with Crippen LogP contribution in [0.5, 0.6) is 0 Å². The van der Waals surface area contributed by atoms with Crippen LogP contribution < -0.4 is 11.1 Å². The maximum absolute atomic E-state index is 12.1. The highest BCUT2D eigenvalue weighted by atomic mass is 16.4. The van der Waals surface area contributed by atoms with E-state index in [0.29, 0.717) is 12.8 Å². The number of nitrogens with zero attached hydrogens (tertiary/aromatic N) is 2. The molecule has 0 aromatic heterocycles. The molecule has 1 saturated carbocycles. The number of amides is 1. The number of nitrogens with one attached hydrogen (secondary N) is 1. The second kappa shape index (κ2) is 5.14. The van der Waals surface area contributed by atoms with E-state index in [1.165, 1.54) is 12.8 Å². The molecule has 1 amide bonds. The van der Waals surface area contributed by atoms with Gasteiger partial charge >= 0.3 is 0 Å². The molecule has 1 saturated heterocycles. The lowest BCUT2D eigenvalue weighted by molar-refractivity contribution is -0.124. The minimum atomic E-state index is -0.742. The Balaban J connectivity index is 1.83. The number of amidine groups is 1. The van der Waals surface area contributed by atoms with Gasteiger partial charge in [0.1, 0.15) is 5.41 Å². The van der Waals surface area contributed by atoms with Crippen molar-refractivity contribution in [2.75, 3.05) is 19.6 Å². The topological polar surface area (TPSA) is 91.0 Å². The highest BCUT2D eigenvalue weighted by molar-refractivity contribution is 6.09. The molecule has 0 bridgehead atoms. The van der Waals surface area contributed by atoms with E-state index in [-0.39, 0.29) is 17.8 Å². The van der Waals surface area contributed by atoms with Gasteiger partial charge in [0.25, 0.3) is 0 Å². The third-order valence-electron chi connectivity index (χ3n) is 3.89. The zero-order valence-corrected chi connectivity index (χ0v) is 10.9. The van der Waals surface area contributed by atoms with Crippen molar-refractivity contribution in [2.45, 2.75) is 38.6 Å². The minimum absolute atomic E-state index is 0.0355. The molecule has 0 aromatic rings. The second-order valence-corrected chi connectivity index (χ2v) is 5.45. The first-order valence-electron chi connectivity index (χ1n) is 6.60. The molecule has 1 heterocycles. The number of hydrogen-bond acceptors (Lipinski definition) is 4. The third kappa shape index (κ3) is 2.58. The summed E-state index contributed by atoms with van der Waals surface area (Å²) in [6, 6.07) is 0.0968. The van der Waals surface area contributed by atoms with Crippen molar-refractivity contribution in [3.8, 4) is 0 Å². The van der Waals surface area contributed by atoms with E-state index >= 15 is 0 Å². The molecule has 0 spiro atoms. The first kappa shape index (κ1) is 13.1. The summed E-state index contributed by atoms with van der Waals surface area (Å²) in [4.78, 5) is 14.5. The largest absolute Gasteiger partial charge is 0.409 e. The maximum Gasteiger partial charge on any atom is 0.234 e. The van der Waals surface area contributed by atoms with Crippen LogP contribution in [0, 0.1) is 5.41 Å². The number of carbonyl (C=O) groups excluding carboxylic acids is 1. The molecule has 18 heavy (non-hydrogen) atoms. The fourth-order valence-electron chi connectivity index (χ4n) is 2.58. The lowest BCUT2D eigenvalue weighted by Gasteiger charge is -2.23. The van der Waals surface area contributed by atoms with Gasteiger partial charge in [-0.25, -0.2) is 0 Å². The van der Waals surface area contributed by atoms with Gasteiger partial charge in [-0.1, -0.05) is 5.16 Å². The molecule has 0 aromatic carbocycles. The van der Waals surface area contributed by atoms with Crippen LogP contribution >= 0.6 is 0 Å². The van der Waals surface area contributed by atoms with Gasteiger partial charge in [-0.2, -0.15) is 0 Å². The summed E-state index contributed by atoms with van der Waals surface area (Å²) in [6.07, 6.45) is 3.83. The van der Waals surface area contributed by atoms with Gasteiger partial charge in [0.15, 0.2) is 5.84 Å². The maximum atomic E-state index is 12.1. The van der Waals surface area contributed by atoms with Crippen LogP contribution in [0.15, 0.2) is 5.16 Å². The average Bonchev–Trinajstić information content (AvgIpc) is 3.01. The van der Waals surface area contributed by atoms with E-state index < -0.39 is 5.41 Å². The quantitative estimate of drug-likeness (QED) is 0.281. The summed E-state index contributed by atoms with van der Waals surface area (Å²) >= 11 is 0. The molecule has 102 valence electrons. The van der Waals surface area contributed by atoms with Gasteiger partial charge in [-0.3, -0.25) is 4.79 Å². The molecule has 4 N–H and O–H groups in total. The number of nitrogens with two attached hydrogens (primary N) is 1. The summed E-state index contributed by atoms with van der Waals surface area (Å²) in [5.41, 5.74) is 4.84. The molecule has 1 atom stereocenters. The number of rotatable bonds is 5. The van der Waals surface area contributed by atoms with Crippen LogP contribution in [-0.4, -0.2) is 47.5 Å². The Morgan fingerprint density at radius 1 is 1.50 bits per heavy atom. The van der Waals surface area contributed by atoms with E-state index in [1.54, 1.807) is 0 Å². The predicted molar refractivity (Wildman–Crippen MR) is 68.4 cm³/mol. The molecular weight excluding hydrogens is 232 g/mol. The molecular formula is C12H22N4O2. The Morgan fingerprint density at radius 2 is 2.11 bits per heavy atom. The first-order valence-corrected chi connectivity index (χ1v) is 6.60. The lowest BCUT2D eigenvalue weighted by atomic mass is 10.0. The van der Waals surface area contributed by atoms with Crippen molar-refractivity contribution >= 4 is 11.7 Å². The molecule has 0 radical (unpaired) electrons. The van der Waals surface area contributed by atoms with Crippen LogP contribution in [0.2, 0.25) is 0 Å². The molecule has 1 aliphatic carbocycles. The van der Waals surface area contributed by atoms with Gasteiger partial charge in [-0.05, 0) is 45.7 Å². The van der Waals surface area contributed by atoms with E-state index in [4.69, 9.17) is 10.9 Å². The molecule has 1 unspecified atom stereocenters. The van der Waals surface area contributed by atoms with Crippen LogP contribution in [0.1, 0.15) is 32.6 Å². The average molecular weight is 254 g/mol. The fourth-order valence-corrected chi connectivity index (χ4v) is 2.58. The summed E-state index contributed by atoms with van der Waals surface area (Å²) in [5, 5.41) is 14.6. The standard InChI is InChI=1S/C12H22N4O2/c1-9(8-16-6-2-3-7-16)14-11(17)12(4-5-12)10(13)15-18/h9,18H,2-8H2,1H3,(H2,13,15)(H,14,17). The predicted octanol–water partition coefficient (Wildman–Crippen LogP) is 0.114. The Labute approximate surface area is 107 Å². The molecule has 2 aliphatic rings. The van der Waals surface area contributed by atoms with Gasteiger partial charge < -0.3 is 21.2 Å². The molecule has 6 nitrogen and oxygen atoms in total. The zero-order valence-electron chi connectivity index (χ0n) is 10.9. The Hall–Kier alpha value is -1.30. The molecule has 2 fully saturated rings. The Bertz CT molecular complexity index is 346. The van der Waals surface area contributed by atoms with Crippen LogP contribution in [0.4, 0.5) is 0 Å². The smallest absolute Gasteiger partial charge is 0.234 e. The van der Waals surface area contributed by atoms with Crippen LogP contribution in [-0.2, 0) is 4.79 Å². The van der Waals surface area contributed by atoms with Gasteiger partial charge in [-0.15, -0.1) is 0 Å². The summed E-state index contributed by atoms with van der Waals surface area (Å²) in [6.45, 7) is 5.10. The van der Waals surface area contributed by atoms with Gasteiger partial charge in [0.2, 0.25) is 5.91 Å². The van der Waals surface area contributed by atoms with E-state index in [0.717, 1.165) is 19.6 Å². The van der Waals surface area contributed by atoms with E-state index in [2.05, 4.69) is 15.4 Å². The number of oxime groups is 1. The van der Waals surface area contributed by atoms with Crippen molar-refractivity contribution in [3.63, 3.8) is 0 Å². The van der Waals surface area contributed by atoms with Crippen molar-refractivity contribution in [1.29, 1.82) is 0 Å². The minimum Gasteiger partial charge on any atom is -0.409 e. The first-order chi connectivity index (χ1) is 8.58. The Kier molecular flexibility index (Phi) is 3.75. The van der Waals surface area contributed by atoms with Gasteiger partial charge in [0.05, 0.1) is 0 Å². The second-order valence-electron chi connectivity index (χ2n) is 5.45. The monoisotopic (exact) mass is 254 g/mol. The van der Waals surface area contributed by atoms with E-state index in [9.17, 15) is 4.79 Å². The highest BCUT2D eigenvalue weighted by Gasteiger charge is 2.54. The number of likely N-dealkylation sites (tertiary alicyclic amines) is 1. The summed E-state index contributed by atoms with van der Waals surface area (Å²) in [7, 11) is 0. The molecule has 6 heteroatoms. The fraction of sp³-hybridized carbons (Fsp3) is 0.833. The normalized spacial score (nSPS) is 24.8. The van der Waals surface area contributed by atoms with Crippen molar-refractivity contribution < 1.29 is 10.0 Å². The van der Waals surface area contributed by atoms with Crippen molar-refractivity contribution in [2.24, 2.45) is 16.3 Å². The van der Waals surface area contributed by atoms with Crippen molar-refractivity contribution in [1.82, 2.24) is 10.2 Å². The summed E-state index contributed by atoms with van der Waals surface area (Å²) in [5.74, 6) is -0.0714.